The minimum atomic E-state index is -0.171. The first-order chi connectivity index (χ1) is 13.6. The Balaban J connectivity index is 1.27. The number of nitrogens with one attached hydrogen (secondary N) is 2. The summed E-state index contributed by atoms with van der Waals surface area (Å²) in [5.41, 5.74) is 3.78. The van der Waals surface area contributed by atoms with Crippen molar-refractivity contribution in [1.29, 1.82) is 0 Å². The van der Waals surface area contributed by atoms with Gasteiger partial charge in [0.25, 0.3) is 0 Å². The van der Waals surface area contributed by atoms with E-state index in [1.807, 2.05) is 13.1 Å². The Morgan fingerprint density at radius 1 is 1.07 bits per heavy atom. The third-order valence-electron chi connectivity index (χ3n) is 5.93. The molecule has 148 valence electrons. The molecular weight excluding hydrogens is 351 g/mol. The third kappa shape index (κ3) is 4.29. The van der Waals surface area contributed by atoms with Gasteiger partial charge in [-0.3, -0.25) is 4.99 Å². The molecule has 1 saturated heterocycles. The van der Waals surface area contributed by atoms with Crippen molar-refractivity contribution in [3.05, 3.63) is 65.5 Å². The molecule has 4 nitrogen and oxygen atoms in total. The van der Waals surface area contributed by atoms with Crippen molar-refractivity contribution in [3.8, 4) is 0 Å². The van der Waals surface area contributed by atoms with Gasteiger partial charge in [0.2, 0.25) is 0 Å². The molecule has 2 N–H and O–H groups in total. The highest BCUT2D eigenvalue weighted by atomic mass is 19.1. The average molecular weight is 381 g/mol. The number of halogens is 1. The van der Waals surface area contributed by atoms with Crippen LogP contribution in [-0.4, -0.2) is 38.2 Å². The number of piperidine rings is 1. The molecule has 0 amide bonds. The van der Waals surface area contributed by atoms with Gasteiger partial charge in [-0.2, -0.15) is 0 Å². The highest BCUT2D eigenvalue weighted by Gasteiger charge is 2.39. The van der Waals surface area contributed by atoms with Crippen LogP contribution in [0.15, 0.2) is 53.5 Å². The molecule has 2 fully saturated rings. The molecular formula is C23H29FN4. The molecule has 2 aliphatic rings. The predicted molar refractivity (Wildman–Crippen MR) is 114 cm³/mol. The summed E-state index contributed by atoms with van der Waals surface area (Å²) in [5.74, 6) is 1.30. The fraction of sp³-hybridized carbons (Fsp3) is 0.435. The molecule has 0 bridgehead atoms. The van der Waals surface area contributed by atoms with E-state index >= 15 is 0 Å². The van der Waals surface area contributed by atoms with Gasteiger partial charge in [0.1, 0.15) is 5.82 Å². The lowest BCUT2D eigenvalue weighted by Crippen LogP contribution is -2.49. The minimum absolute atomic E-state index is 0.171. The van der Waals surface area contributed by atoms with Crippen molar-refractivity contribution in [2.24, 2.45) is 4.99 Å². The van der Waals surface area contributed by atoms with Crippen molar-refractivity contribution in [1.82, 2.24) is 10.6 Å². The number of anilines is 1. The monoisotopic (exact) mass is 380 g/mol. The van der Waals surface area contributed by atoms with Gasteiger partial charge in [0.05, 0.1) is 0 Å². The van der Waals surface area contributed by atoms with E-state index in [-0.39, 0.29) is 5.82 Å². The zero-order valence-corrected chi connectivity index (χ0v) is 16.7. The summed E-state index contributed by atoms with van der Waals surface area (Å²) in [6.45, 7) is 4.03. The molecule has 0 radical (unpaired) electrons. The maximum absolute atomic E-state index is 13.5. The van der Waals surface area contributed by atoms with Crippen molar-refractivity contribution < 1.29 is 4.39 Å². The van der Waals surface area contributed by atoms with Crippen LogP contribution in [0.3, 0.4) is 0 Å². The number of hydrogen-bond donors (Lipinski definition) is 2. The van der Waals surface area contributed by atoms with Crippen LogP contribution in [0.2, 0.25) is 0 Å². The second-order valence-corrected chi connectivity index (χ2v) is 7.91. The van der Waals surface area contributed by atoms with Gasteiger partial charge < -0.3 is 15.5 Å². The zero-order valence-electron chi connectivity index (χ0n) is 16.7. The Hall–Kier alpha value is -2.56. The van der Waals surface area contributed by atoms with Gasteiger partial charge in [0, 0.05) is 43.8 Å². The van der Waals surface area contributed by atoms with Gasteiger partial charge in [-0.25, -0.2) is 4.39 Å². The molecule has 2 atom stereocenters. The number of guanidine groups is 1. The smallest absolute Gasteiger partial charge is 0.191 e. The Bertz CT molecular complexity index is 842. The molecule has 2 aromatic rings. The molecule has 1 aliphatic heterocycles. The molecule has 2 unspecified atom stereocenters. The minimum Gasteiger partial charge on any atom is -0.371 e. The fourth-order valence-electron chi connectivity index (χ4n) is 4.20. The lowest BCUT2D eigenvalue weighted by atomic mass is 10.0. The number of hydrogen-bond acceptors (Lipinski definition) is 2. The summed E-state index contributed by atoms with van der Waals surface area (Å²) in [7, 11) is 1.84. The van der Waals surface area contributed by atoms with Crippen molar-refractivity contribution in [3.63, 3.8) is 0 Å². The van der Waals surface area contributed by atoms with Gasteiger partial charge in [-0.1, -0.05) is 30.3 Å². The van der Waals surface area contributed by atoms with E-state index in [9.17, 15) is 4.39 Å². The second-order valence-electron chi connectivity index (χ2n) is 7.91. The predicted octanol–water partition coefficient (Wildman–Crippen LogP) is 3.82. The topological polar surface area (TPSA) is 39.7 Å². The number of nitrogens with zero attached hydrogens (tertiary/aromatic N) is 2. The summed E-state index contributed by atoms with van der Waals surface area (Å²) >= 11 is 0. The molecule has 4 rings (SSSR count). The summed E-state index contributed by atoms with van der Waals surface area (Å²) in [6.07, 6.45) is 3.19. The van der Waals surface area contributed by atoms with E-state index in [4.69, 9.17) is 0 Å². The van der Waals surface area contributed by atoms with E-state index < -0.39 is 0 Å². The summed E-state index contributed by atoms with van der Waals surface area (Å²) < 4.78 is 13.5. The molecule has 0 spiro atoms. The standard InChI is InChI=1S/C23H29FN4/c1-16-6-3-4-9-20(16)21-15-22(21)27-23(25-2)26-18-10-12-28(13-11-18)19-8-5-7-17(24)14-19/h3-9,14,18,21-22H,10-13,15H2,1-2H3,(H2,25,26,27). The summed E-state index contributed by atoms with van der Waals surface area (Å²) in [6, 6.07) is 16.4. The quantitative estimate of drug-likeness (QED) is 0.626. The average Bonchev–Trinajstić information content (AvgIpc) is 3.47. The molecule has 0 aromatic heterocycles. The largest absolute Gasteiger partial charge is 0.371 e. The first kappa shape index (κ1) is 18.8. The molecule has 5 heteroatoms. The summed E-state index contributed by atoms with van der Waals surface area (Å²) in [5, 5.41) is 7.17. The lowest BCUT2D eigenvalue weighted by molar-refractivity contribution is 0.460. The third-order valence-corrected chi connectivity index (χ3v) is 5.93. The maximum atomic E-state index is 13.5. The fourth-order valence-corrected chi connectivity index (χ4v) is 4.20. The van der Waals surface area contributed by atoms with Gasteiger partial charge in [-0.15, -0.1) is 0 Å². The zero-order chi connectivity index (χ0) is 19.5. The number of benzene rings is 2. The Labute approximate surface area is 166 Å². The van der Waals surface area contributed by atoms with E-state index in [0.717, 1.165) is 44.0 Å². The van der Waals surface area contributed by atoms with Crippen molar-refractivity contribution in [2.75, 3.05) is 25.0 Å². The van der Waals surface area contributed by atoms with Crippen molar-refractivity contribution in [2.45, 2.75) is 44.2 Å². The highest BCUT2D eigenvalue weighted by molar-refractivity contribution is 5.81. The van der Waals surface area contributed by atoms with Crippen LogP contribution in [0.4, 0.5) is 10.1 Å². The normalized spacial score (nSPS) is 22.8. The van der Waals surface area contributed by atoms with Crippen LogP contribution in [0.25, 0.3) is 0 Å². The van der Waals surface area contributed by atoms with E-state index in [1.165, 1.54) is 17.2 Å². The van der Waals surface area contributed by atoms with Gasteiger partial charge in [0.15, 0.2) is 5.96 Å². The van der Waals surface area contributed by atoms with Crippen LogP contribution < -0.4 is 15.5 Å². The van der Waals surface area contributed by atoms with E-state index in [2.05, 4.69) is 51.7 Å². The number of aliphatic imine (C=N–C) groups is 1. The van der Waals surface area contributed by atoms with E-state index in [0.29, 0.717) is 18.0 Å². The highest BCUT2D eigenvalue weighted by Crippen LogP contribution is 2.42. The SMILES string of the molecule is CN=C(NC1CCN(c2cccc(F)c2)CC1)NC1CC1c1ccccc1C. The Morgan fingerprint density at radius 2 is 1.86 bits per heavy atom. The lowest BCUT2D eigenvalue weighted by Gasteiger charge is -2.34. The first-order valence-electron chi connectivity index (χ1n) is 10.2. The maximum Gasteiger partial charge on any atom is 0.191 e. The van der Waals surface area contributed by atoms with Crippen LogP contribution in [0, 0.1) is 12.7 Å². The molecule has 28 heavy (non-hydrogen) atoms. The van der Waals surface area contributed by atoms with Crippen LogP contribution in [0.5, 0.6) is 0 Å². The van der Waals surface area contributed by atoms with Gasteiger partial charge in [-0.05, 0) is 55.5 Å². The van der Waals surface area contributed by atoms with Crippen LogP contribution in [0.1, 0.15) is 36.3 Å². The van der Waals surface area contributed by atoms with Crippen LogP contribution in [-0.2, 0) is 0 Å². The molecule has 1 aliphatic carbocycles. The van der Waals surface area contributed by atoms with E-state index in [1.54, 1.807) is 12.1 Å². The second kappa shape index (κ2) is 8.21. The number of aryl methyl sites for hydroxylation is 1. The first-order valence-corrected chi connectivity index (χ1v) is 10.2. The number of rotatable bonds is 4. The summed E-state index contributed by atoms with van der Waals surface area (Å²) in [4.78, 5) is 6.69. The molecule has 2 aromatic carbocycles. The van der Waals surface area contributed by atoms with Crippen molar-refractivity contribution >= 4 is 11.6 Å². The molecule has 1 heterocycles. The van der Waals surface area contributed by atoms with Crippen LogP contribution >= 0.6 is 0 Å². The molecule has 1 saturated carbocycles. The van der Waals surface area contributed by atoms with Gasteiger partial charge >= 0.3 is 0 Å². The Morgan fingerprint density at radius 3 is 2.57 bits per heavy atom. The Kier molecular flexibility index (Phi) is 5.51.